The number of methoxy groups -OCH3 is 1. The van der Waals surface area contributed by atoms with E-state index in [0.717, 1.165) is 19.5 Å². The Kier molecular flexibility index (Phi) is 3.23. The summed E-state index contributed by atoms with van der Waals surface area (Å²) in [5, 5.41) is 14.4. The topological polar surface area (TPSA) is 76.1 Å². The Morgan fingerprint density at radius 1 is 1.53 bits per heavy atom. The number of hydrogen-bond donors (Lipinski definition) is 2. The van der Waals surface area contributed by atoms with Crippen molar-refractivity contribution in [2.45, 2.75) is 18.9 Å². The molecule has 2 rings (SSSR count). The summed E-state index contributed by atoms with van der Waals surface area (Å²) >= 11 is 0. The second-order valence-electron chi connectivity index (χ2n) is 4.41. The van der Waals surface area contributed by atoms with Crippen LogP contribution < -0.4 is 10.6 Å². The minimum atomic E-state index is -0.474. The maximum Gasteiger partial charge on any atom is 0.358 e. The number of nitrogens with zero attached hydrogens (tertiary/aromatic N) is 2. The largest absolute Gasteiger partial charge is 0.464 e. The molecule has 17 heavy (non-hydrogen) atoms. The summed E-state index contributed by atoms with van der Waals surface area (Å²) in [6.45, 7) is 4.02. The Balaban J connectivity index is 2.05. The predicted octanol–water partition coefficient (Wildman–Crippen LogP) is 0.427. The molecule has 1 unspecified atom stereocenters. The molecule has 0 aromatic carbocycles. The standard InChI is InChI=1S/C11H16N4O2/c1-11(5-6-12-7-11)13-9-4-3-8(14-15-9)10(16)17-2/h3-4,12H,5-7H2,1-2H3,(H,13,15). The highest BCUT2D eigenvalue weighted by atomic mass is 16.5. The lowest BCUT2D eigenvalue weighted by molar-refractivity contribution is 0.0593. The van der Waals surface area contributed by atoms with Crippen molar-refractivity contribution in [1.82, 2.24) is 15.5 Å². The average Bonchev–Trinajstić information content (AvgIpc) is 2.76. The third-order valence-electron chi connectivity index (χ3n) is 2.86. The van der Waals surface area contributed by atoms with Crippen LogP contribution in [0, 0.1) is 0 Å². The molecule has 0 bridgehead atoms. The minimum absolute atomic E-state index is 0.00145. The predicted molar refractivity (Wildman–Crippen MR) is 62.9 cm³/mol. The number of rotatable bonds is 3. The van der Waals surface area contributed by atoms with E-state index in [4.69, 9.17) is 0 Å². The maximum absolute atomic E-state index is 11.2. The van der Waals surface area contributed by atoms with Gasteiger partial charge in [0.2, 0.25) is 0 Å². The molecule has 1 atom stereocenters. The molecule has 1 aromatic rings. The molecule has 0 spiro atoms. The molecule has 6 heteroatoms. The fourth-order valence-corrected chi connectivity index (χ4v) is 1.85. The highest BCUT2D eigenvalue weighted by Gasteiger charge is 2.28. The molecule has 2 heterocycles. The lowest BCUT2D eigenvalue weighted by Gasteiger charge is -2.24. The molecule has 92 valence electrons. The zero-order chi connectivity index (χ0) is 12.3. The second-order valence-corrected chi connectivity index (χ2v) is 4.41. The Bertz CT molecular complexity index is 398. The van der Waals surface area contributed by atoms with E-state index in [1.165, 1.54) is 7.11 Å². The van der Waals surface area contributed by atoms with Crippen LogP contribution in [0.1, 0.15) is 23.8 Å². The second kappa shape index (κ2) is 4.67. The van der Waals surface area contributed by atoms with Crippen LogP contribution in [0.3, 0.4) is 0 Å². The first-order valence-corrected chi connectivity index (χ1v) is 5.54. The quantitative estimate of drug-likeness (QED) is 0.741. The van der Waals surface area contributed by atoms with Crippen molar-refractivity contribution in [2.24, 2.45) is 0 Å². The molecule has 6 nitrogen and oxygen atoms in total. The van der Waals surface area contributed by atoms with Gasteiger partial charge in [0, 0.05) is 12.1 Å². The smallest absolute Gasteiger partial charge is 0.358 e. The molecule has 1 aliphatic heterocycles. The van der Waals surface area contributed by atoms with Crippen LogP contribution in [0.2, 0.25) is 0 Å². The average molecular weight is 236 g/mol. The highest BCUT2D eigenvalue weighted by Crippen LogP contribution is 2.19. The van der Waals surface area contributed by atoms with Crippen LogP contribution in [0.15, 0.2) is 12.1 Å². The Morgan fingerprint density at radius 2 is 2.35 bits per heavy atom. The molecular formula is C11H16N4O2. The highest BCUT2D eigenvalue weighted by molar-refractivity contribution is 5.86. The zero-order valence-electron chi connectivity index (χ0n) is 9.99. The zero-order valence-corrected chi connectivity index (χ0v) is 9.99. The fourth-order valence-electron chi connectivity index (χ4n) is 1.85. The first-order chi connectivity index (χ1) is 8.13. The van der Waals surface area contributed by atoms with E-state index in [1.807, 2.05) is 0 Å². The van der Waals surface area contributed by atoms with Gasteiger partial charge in [-0.05, 0) is 32.0 Å². The van der Waals surface area contributed by atoms with E-state index in [-0.39, 0.29) is 11.2 Å². The van der Waals surface area contributed by atoms with Crippen LogP contribution in [0.5, 0.6) is 0 Å². The van der Waals surface area contributed by atoms with Gasteiger partial charge in [-0.2, -0.15) is 0 Å². The number of ether oxygens (including phenoxy) is 1. The van der Waals surface area contributed by atoms with Crippen molar-refractivity contribution in [3.8, 4) is 0 Å². The van der Waals surface area contributed by atoms with Crippen LogP contribution in [-0.4, -0.2) is 41.9 Å². The van der Waals surface area contributed by atoms with Gasteiger partial charge in [0.05, 0.1) is 7.11 Å². The molecule has 2 N–H and O–H groups in total. The van der Waals surface area contributed by atoms with Crippen molar-refractivity contribution < 1.29 is 9.53 Å². The summed E-state index contributed by atoms with van der Waals surface area (Å²) in [7, 11) is 1.32. The van der Waals surface area contributed by atoms with Crippen molar-refractivity contribution in [2.75, 3.05) is 25.5 Å². The van der Waals surface area contributed by atoms with Gasteiger partial charge in [0.25, 0.3) is 0 Å². The summed E-state index contributed by atoms with van der Waals surface area (Å²) in [5.74, 6) is 0.196. The van der Waals surface area contributed by atoms with Crippen LogP contribution in [-0.2, 0) is 4.74 Å². The van der Waals surface area contributed by atoms with E-state index >= 15 is 0 Å². The molecular weight excluding hydrogens is 220 g/mol. The van der Waals surface area contributed by atoms with Crippen molar-refractivity contribution in [3.05, 3.63) is 17.8 Å². The van der Waals surface area contributed by atoms with Gasteiger partial charge >= 0.3 is 5.97 Å². The summed E-state index contributed by atoms with van der Waals surface area (Å²) in [4.78, 5) is 11.2. The molecule has 1 saturated heterocycles. The summed E-state index contributed by atoms with van der Waals surface area (Å²) < 4.78 is 4.56. The summed E-state index contributed by atoms with van der Waals surface area (Å²) in [6.07, 6.45) is 1.04. The monoisotopic (exact) mass is 236 g/mol. The van der Waals surface area contributed by atoms with Gasteiger partial charge < -0.3 is 15.4 Å². The lowest BCUT2D eigenvalue weighted by atomic mass is 10.0. The first-order valence-electron chi connectivity index (χ1n) is 5.54. The van der Waals surface area contributed by atoms with Crippen LogP contribution >= 0.6 is 0 Å². The van der Waals surface area contributed by atoms with E-state index in [0.29, 0.717) is 5.82 Å². The van der Waals surface area contributed by atoms with Crippen molar-refractivity contribution >= 4 is 11.8 Å². The normalized spacial score (nSPS) is 23.4. The molecule has 1 aliphatic rings. The van der Waals surface area contributed by atoms with Crippen LogP contribution in [0.4, 0.5) is 5.82 Å². The molecule has 1 aromatic heterocycles. The van der Waals surface area contributed by atoms with Gasteiger partial charge in [-0.15, -0.1) is 10.2 Å². The minimum Gasteiger partial charge on any atom is -0.464 e. The molecule has 0 saturated carbocycles. The Morgan fingerprint density at radius 3 is 2.88 bits per heavy atom. The van der Waals surface area contributed by atoms with Gasteiger partial charge in [0.15, 0.2) is 5.69 Å². The number of esters is 1. The van der Waals surface area contributed by atoms with Gasteiger partial charge in [-0.25, -0.2) is 4.79 Å². The van der Waals surface area contributed by atoms with Gasteiger partial charge in [0.1, 0.15) is 5.82 Å². The van der Waals surface area contributed by atoms with E-state index in [2.05, 4.69) is 32.5 Å². The summed E-state index contributed by atoms with van der Waals surface area (Å²) in [5.41, 5.74) is 0.217. The van der Waals surface area contributed by atoms with Gasteiger partial charge in [-0.3, -0.25) is 0 Å². The number of carbonyl (C=O) groups is 1. The van der Waals surface area contributed by atoms with E-state index in [9.17, 15) is 4.79 Å². The molecule has 1 fully saturated rings. The van der Waals surface area contributed by atoms with Crippen molar-refractivity contribution in [3.63, 3.8) is 0 Å². The third-order valence-corrected chi connectivity index (χ3v) is 2.86. The van der Waals surface area contributed by atoms with Gasteiger partial charge in [-0.1, -0.05) is 0 Å². The number of hydrogen-bond acceptors (Lipinski definition) is 6. The van der Waals surface area contributed by atoms with E-state index < -0.39 is 5.97 Å². The fraction of sp³-hybridized carbons (Fsp3) is 0.545. The van der Waals surface area contributed by atoms with Crippen LogP contribution in [0.25, 0.3) is 0 Å². The number of nitrogens with one attached hydrogen (secondary N) is 2. The Hall–Kier alpha value is -1.69. The third kappa shape index (κ3) is 2.71. The number of carbonyl (C=O) groups excluding carboxylic acids is 1. The molecule has 0 radical (unpaired) electrons. The lowest BCUT2D eigenvalue weighted by Crippen LogP contribution is -2.37. The molecule has 0 aliphatic carbocycles. The van der Waals surface area contributed by atoms with Crippen molar-refractivity contribution in [1.29, 1.82) is 0 Å². The SMILES string of the molecule is COC(=O)c1ccc(NC2(C)CCNC2)nn1. The summed E-state index contributed by atoms with van der Waals surface area (Å²) in [6, 6.07) is 3.34. The number of anilines is 1. The maximum atomic E-state index is 11.2. The van der Waals surface area contributed by atoms with E-state index in [1.54, 1.807) is 12.1 Å². The number of aromatic nitrogens is 2. The molecule has 0 amide bonds. The Labute approximate surface area is 99.8 Å². The first kappa shape index (κ1) is 11.8.